The summed E-state index contributed by atoms with van der Waals surface area (Å²) in [5, 5.41) is 0.0725. The van der Waals surface area contributed by atoms with E-state index >= 15 is 4.39 Å². The number of rotatable bonds is 11. The third kappa shape index (κ3) is 7.23. The topological polar surface area (TPSA) is 59.0 Å². The van der Waals surface area contributed by atoms with Gasteiger partial charge in [0, 0.05) is 42.1 Å². The van der Waals surface area contributed by atoms with E-state index in [1.165, 1.54) is 13.2 Å². The number of benzene rings is 1. The molecule has 0 N–H and O–H groups in total. The van der Waals surface area contributed by atoms with E-state index in [1.807, 2.05) is 19.2 Å². The van der Waals surface area contributed by atoms with E-state index in [4.69, 9.17) is 23.2 Å². The number of aromatic nitrogens is 1. The zero-order valence-corrected chi connectivity index (χ0v) is 26.7. The van der Waals surface area contributed by atoms with Gasteiger partial charge in [-0.1, -0.05) is 27.7 Å². The molecule has 2 heterocycles. The van der Waals surface area contributed by atoms with Crippen LogP contribution in [0.4, 0.5) is 4.39 Å². The highest BCUT2D eigenvalue weighted by atomic mass is 28.4. The lowest BCUT2D eigenvalue weighted by molar-refractivity contribution is 0.00578. The molecule has 0 saturated carbocycles. The van der Waals surface area contributed by atoms with Gasteiger partial charge in [0.2, 0.25) is 0 Å². The number of methoxy groups -OCH3 is 1. The molecule has 1 aromatic carbocycles. The number of ether oxygens (including phenoxy) is 2. The van der Waals surface area contributed by atoms with E-state index in [-0.39, 0.29) is 11.0 Å². The Labute approximate surface area is 236 Å². The molecule has 1 aliphatic rings. The van der Waals surface area contributed by atoms with Crippen molar-refractivity contribution in [1.82, 2.24) is 4.98 Å². The first-order valence-corrected chi connectivity index (χ1v) is 16.9. The van der Waals surface area contributed by atoms with Crippen molar-refractivity contribution < 1.29 is 27.6 Å². The zero-order chi connectivity index (χ0) is 29.2. The highest BCUT2D eigenvalue weighted by molar-refractivity contribution is 6.74. The molecule has 0 bridgehead atoms. The Bertz CT molecular complexity index is 1120. The minimum Gasteiger partial charge on any atom is -0.493 e. The molecule has 3 rings (SSSR count). The Balaban J connectivity index is 1.97. The van der Waals surface area contributed by atoms with Crippen LogP contribution in [0, 0.1) is 5.82 Å². The molecule has 1 unspecified atom stereocenters. The van der Waals surface area contributed by atoms with Crippen LogP contribution in [0.25, 0.3) is 11.1 Å². The normalized spacial score (nSPS) is 17.8. The fraction of sp³-hybridized carbons (Fsp3) is 0.633. The smallest absolute Gasteiger partial charge is 0.458 e. The lowest BCUT2D eigenvalue weighted by atomic mass is 9.75. The maximum atomic E-state index is 15.3. The summed E-state index contributed by atoms with van der Waals surface area (Å²) in [6.45, 7) is 22.5. The van der Waals surface area contributed by atoms with Gasteiger partial charge in [-0.25, -0.2) is 4.39 Å². The van der Waals surface area contributed by atoms with Crippen molar-refractivity contribution in [2.45, 2.75) is 103 Å². The molecule has 0 amide bonds. The number of halogens is 1. The third-order valence-corrected chi connectivity index (χ3v) is 13.0. The van der Waals surface area contributed by atoms with Crippen molar-refractivity contribution >= 4 is 15.4 Å². The first-order chi connectivity index (χ1) is 18.0. The molecule has 1 saturated heterocycles. The largest absolute Gasteiger partial charge is 0.493 e. The Morgan fingerprint density at radius 1 is 1.03 bits per heavy atom. The summed E-state index contributed by atoms with van der Waals surface area (Å²) < 4.78 is 45.8. The van der Waals surface area contributed by atoms with Gasteiger partial charge in [0.25, 0.3) is 0 Å². The van der Waals surface area contributed by atoms with Gasteiger partial charge in [0.1, 0.15) is 5.82 Å². The van der Waals surface area contributed by atoms with Crippen molar-refractivity contribution in [2.75, 3.05) is 20.3 Å². The van der Waals surface area contributed by atoms with Gasteiger partial charge < -0.3 is 23.2 Å². The van der Waals surface area contributed by atoms with E-state index in [0.717, 1.165) is 12.0 Å². The van der Waals surface area contributed by atoms with Crippen molar-refractivity contribution in [3.05, 3.63) is 42.0 Å². The van der Waals surface area contributed by atoms with E-state index in [1.54, 1.807) is 12.3 Å². The summed E-state index contributed by atoms with van der Waals surface area (Å²) in [6, 6.07) is 5.06. The summed E-state index contributed by atoms with van der Waals surface area (Å²) in [6.07, 6.45) is 4.95. The third-order valence-electron chi connectivity index (χ3n) is 8.49. The Kier molecular flexibility index (Phi) is 9.63. The molecule has 1 fully saturated rings. The fourth-order valence-electron chi connectivity index (χ4n) is 4.19. The van der Waals surface area contributed by atoms with Gasteiger partial charge in [-0.2, -0.15) is 0 Å². The SMILES string of the molecule is CCCOc1cc(-c2cncc(C(CO[Si](C)(C)C(C)(C)C)CB3OC(C)(C)C(C)(C)O3)c2)c(F)cc1OC. The van der Waals surface area contributed by atoms with Gasteiger partial charge in [-0.3, -0.25) is 4.98 Å². The predicted octanol–water partition coefficient (Wildman–Crippen LogP) is 7.88. The average Bonchev–Trinajstić information content (AvgIpc) is 3.05. The highest BCUT2D eigenvalue weighted by Crippen LogP contribution is 2.42. The van der Waals surface area contributed by atoms with Crippen LogP contribution in [-0.2, 0) is 13.7 Å². The lowest BCUT2D eigenvalue weighted by Gasteiger charge is -2.37. The van der Waals surface area contributed by atoms with E-state index < -0.39 is 32.5 Å². The van der Waals surface area contributed by atoms with E-state index in [0.29, 0.717) is 42.2 Å². The Morgan fingerprint density at radius 2 is 1.67 bits per heavy atom. The molecule has 1 aliphatic heterocycles. The first-order valence-electron chi connectivity index (χ1n) is 14.0. The van der Waals surface area contributed by atoms with Crippen molar-refractivity contribution in [3.63, 3.8) is 0 Å². The highest BCUT2D eigenvalue weighted by Gasteiger charge is 2.51. The summed E-state index contributed by atoms with van der Waals surface area (Å²) >= 11 is 0. The predicted molar refractivity (Wildman–Crippen MR) is 159 cm³/mol. The molecule has 0 radical (unpaired) electrons. The zero-order valence-electron chi connectivity index (χ0n) is 25.7. The molecule has 216 valence electrons. The lowest BCUT2D eigenvalue weighted by Crippen LogP contribution is -2.42. The Morgan fingerprint density at radius 3 is 2.23 bits per heavy atom. The molecular formula is C30H47BFNO5Si. The second kappa shape index (κ2) is 11.9. The Hall–Kier alpha value is -1.94. The number of hydrogen-bond donors (Lipinski definition) is 0. The van der Waals surface area contributed by atoms with Crippen molar-refractivity contribution in [3.8, 4) is 22.6 Å². The number of pyridine rings is 1. The van der Waals surface area contributed by atoms with Crippen LogP contribution in [0.3, 0.4) is 0 Å². The standard InChI is InChI=1S/C30H47BFNO5Si/c1-12-13-35-27-15-24(25(32)16-26(27)34-9)22-14-21(18-33-19-22)23(20-36-39(10,11)28(2,3)4)17-31-37-29(5,6)30(7,8)38-31/h14-16,18-19,23H,12-13,17,20H2,1-11H3. The molecule has 6 nitrogen and oxygen atoms in total. The molecule has 1 aromatic heterocycles. The van der Waals surface area contributed by atoms with Crippen molar-refractivity contribution in [1.29, 1.82) is 0 Å². The van der Waals surface area contributed by atoms with Crippen LogP contribution in [0.2, 0.25) is 24.5 Å². The van der Waals surface area contributed by atoms with Crippen LogP contribution < -0.4 is 9.47 Å². The quantitative estimate of drug-likeness (QED) is 0.261. The van der Waals surface area contributed by atoms with E-state index in [2.05, 4.69) is 66.5 Å². The van der Waals surface area contributed by atoms with Crippen molar-refractivity contribution in [2.24, 2.45) is 0 Å². The second-order valence-electron chi connectivity index (χ2n) is 13.0. The van der Waals surface area contributed by atoms with Crippen LogP contribution in [0.15, 0.2) is 30.6 Å². The maximum Gasteiger partial charge on any atom is 0.458 e. The fourth-order valence-corrected chi connectivity index (χ4v) is 5.24. The molecule has 0 aliphatic carbocycles. The number of nitrogens with zero attached hydrogens (tertiary/aromatic N) is 1. The second-order valence-corrected chi connectivity index (χ2v) is 17.8. The van der Waals surface area contributed by atoms with Gasteiger partial charge >= 0.3 is 7.12 Å². The van der Waals surface area contributed by atoms with Crippen LogP contribution in [0.5, 0.6) is 11.5 Å². The summed E-state index contributed by atoms with van der Waals surface area (Å²) in [4.78, 5) is 4.52. The molecule has 2 aromatic rings. The minimum absolute atomic E-state index is 0.0570. The monoisotopic (exact) mass is 559 g/mol. The molecule has 0 spiro atoms. The summed E-state index contributed by atoms with van der Waals surface area (Å²) in [7, 11) is -0.901. The summed E-state index contributed by atoms with van der Waals surface area (Å²) in [5.41, 5.74) is 1.18. The van der Waals surface area contributed by atoms with Gasteiger partial charge in [-0.15, -0.1) is 0 Å². The van der Waals surface area contributed by atoms with E-state index in [9.17, 15) is 0 Å². The average molecular weight is 560 g/mol. The van der Waals surface area contributed by atoms with Crippen LogP contribution in [0.1, 0.15) is 73.3 Å². The molecule has 9 heteroatoms. The molecule has 1 atom stereocenters. The van der Waals surface area contributed by atoms with Gasteiger partial charge in [0.15, 0.2) is 19.8 Å². The van der Waals surface area contributed by atoms with Crippen LogP contribution in [-0.4, -0.2) is 51.9 Å². The maximum absolute atomic E-state index is 15.3. The minimum atomic E-state index is -2.02. The first kappa shape index (κ1) is 31.6. The molecule has 39 heavy (non-hydrogen) atoms. The van der Waals surface area contributed by atoms with Crippen LogP contribution >= 0.6 is 0 Å². The molecular weight excluding hydrogens is 512 g/mol. The van der Waals surface area contributed by atoms with Gasteiger partial charge in [0.05, 0.1) is 24.9 Å². The van der Waals surface area contributed by atoms with Gasteiger partial charge in [-0.05, 0) is 76.3 Å². The number of hydrogen-bond acceptors (Lipinski definition) is 6. The summed E-state index contributed by atoms with van der Waals surface area (Å²) in [5.74, 6) is 0.430.